The molecule has 0 radical (unpaired) electrons. The fourth-order valence-corrected chi connectivity index (χ4v) is 19.4. The molecule has 0 bridgehead atoms. The number of benzene rings is 16. The average molecular weight is 1590 g/mol. The van der Waals surface area contributed by atoms with Gasteiger partial charge in [-0.3, -0.25) is 9.97 Å². The molecule has 0 atom stereocenters. The summed E-state index contributed by atoms with van der Waals surface area (Å²) in [5.74, 6) is 0. The predicted octanol–water partition coefficient (Wildman–Crippen LogP) is 29.6. The Bertz CT molecular complexity index is 8100. The molecule has 16 aromatic carbocycles. The summed E-state index contributed by atoms with van der Waals surface area (Å²) in [5.41, 5.74) is 40.2. The van der Waals surface area contributed by atoms with Gasteiger partial charge in [0, 0.05) is 79.0 Å². The van der Waals surface area contributed by atoms with Crippen LogP contribution in [0.25, 0.3) is 199 Å². The highest BCUT2D eigenvalue weighted by atomic mass is 15.0. The molecule has 0 aliphatic rings. The van der Waals surface area contributed by atoms with E-state index in [2.05, 4.69) is 422 Å². The summed E-state index contributed by atoms with van der Waals surface area (Å²) in [7, 11) is 0. The van der Waals surface area contributed by atoms with Crippen molar-refractivity contribution in [2.75, 3.05) is 0 Å². The summed E-state index contributed by atoms with van der Waals surface area (Å²) in [5, 5.41) is 32.3. The van der Waals surface area contributed by atoms with Crippen molar-refractivity contribution in [2.45, 2.75) is 54.4 Å². The van der Waals surface area contributed by atoms with Crippen LogP contribution in [0, 0.1) is 64.2 Å². The van der Waals surface area contributed by atoms with Gasteiger partial charge >= 0.3 is 0 Å². The van der Waals surface area contributed by atoms with Crippen molar-refractivity contribution >= 4 is 87.2 Å². The molecule has 6 heterocycles. The van der Waals surface area contributed by atoms with Crippen molar-refractivity contribution in [1.82, 2.24) is 28.2 Å². The van der Waals surface area contributed by atoms with Crippen molar-refractivity contribution in [1.29, 1.82) is 10.5 Å². The third kappa shape index (κ3) is 12.7. The SMILES string of the molecule is Cc1ccc(-c2ccc3c4ccc(-c5ccc(C)cc5)cc4n(-c4cc(-c5ccncc5)c(-n5c6cc(-c7ccc(C)cc7)ccc6c6ccc(-c7ccc(CCc8ccc(-c9ccc%10c(c9)c9ccccc9n%10-c9cc(-c%10ccncc%10)c(-n%10c%11ccccc%11c%11cc(-c%12ccc(C)cc%12C)ccc%11%10)cc9C#N)c(C)c8)cc7)cc65)cc4C#N)c3c2)cc1. The fourth-order valence-electron chi connectivity index (χ4n) is 19.4. The maximum Gasteiger partial charge on any atom is 0.101 e. The van der Waals surface area contributed by atoms with Gasteiger partial charge in [-0.1, -0.05) is 253 Å². The quantitative estimate of drug-likeness (QED) is 0.102. The first-order chi connectivity index (χ1) is 60.8. The van der Waals surface area contributed by atoms with Crippen LogP contribution in [0.1, 0.15) is 55.6 Å². The minimum atomic E-state index is 0.544. The Labute approximate surface area is 719 Å². The van der Waals surface area contributed by atoms with Gasteiger partial charge in [-0.05, 0) is 264 Å². The summed E-state index contributed by atoms with van der Waals surface area (Å²) in [6.07, 6.45) is 9.18. The maximum absolute atomic E-state index is 11.9. The highest BCUT2D eigenvalue weighted by Gasteiger charge is 2.27. The van der Waals surface area contributed by atoms with E-state index in [4.69, 9.17) is 0 Å². The molecule has 6 aromatic heterocycles. The molecule has 8 heteroatoms. The van der Waals surface area contributed by atoms with Crippen LogP contribution in [0.15, 0.2) is 365 Å². The van der Waals surface area contributed by atoms with Gasteiger partial charge in [0.1, 0.15) is 12.1 Å². The summed E-state index contributed by atoms with van der Waals surface area (Å²) < 4.78 is 9.37. The van der Waals surface area contributed by atoms with E-state index >= 15 is 0 Å². The lowest BCUT2D eigenvalue weighted by molar-refractivity contribution is 0.958. The average Bonchev–Trinajstić information content (AvgIpc) is 1.56. The molecule has 586 valence electrons. The number of aryl methyl sites for hydroxylation is 8. The predicted molar refractivity (Wildman–Crippen MR) is 515 cm³/mol. The van der Waals surface area contributed by atoms with Crippen molar-refractivity contribution in [2.24, 2.45) is 0 Å². The number of rotatable bonds is 15. The first-order valence-electron chi connectivity index (χ1n) is 42.5. The highest BCUT2D eigenvalue weighted by Crippen LogP contribution is 2.48. The number of fused-ring (bicyclic) bond motifs is 12. The molecule has 0 fully saturated rings. The van der Waals surface area contributed by atoms with E-state index < -0.39 is 0 Å². The second-order valence-electron chi connectivity index (χ2n) is 33.5. The minimum absolute atomic E-state index is 0.544. The van der Waals surface area contributed by atoms with E-state index in [0.29, 0.717) is 11.1 Å². The van der Waals surface area contributed by atoms with E-state index in [0.717, 1.165) is 195 Å². The molecule has 0 unspecified atom stereocenters. The van der Waals surface area contributed by atoms with Gasteiger partial charge in [0.15, 0.2) is 0 Å². The Balaban J connectivity index is 0.598. The van der Waals surface area contributed by atoms with E-state index in [9.17, 15) is 10.5 Å². The molecule has 22 aromatic rings. The third-order valence-corrected chi connectivity index (χ3v) is 25.7. The third-order valence-electron chi connectivity index (χ3n) is 25.7. The number of pyridine rings is 2. The number of aromatic nitrogens is 6. The highest BCUT2D eigenvalue weighted by molar-refractivity contribution is 6.16. The molecule has 0 N–H and O–H groups in total. The van der Waals surface area contributed by atoms with Crippen LogP contribution in [-0.4, -0.2) is 28.2 Å². The number of nitrogens with zero attached hydrogens (tertiary/aromatic N) is 8. The van der Waals surface area contributed by atoms with Gasteiger partial charge in [0.2, 0.25) is 0 Å². The lowest BCUT2D eigenvalue weighted by Gasteiger charge is -2.19. The van der Waals surface area contributed by atoms with Gasteiger partial charge in [0.05, 0.1) is 78.0 Å². The van der Waals surface area contributed by atoms with Crippen LogP contribution in [0.3, 0.4) is 0 Å². The molecule has 0 aliphatic carbocycles. The summed E-state index contributed by atoms with van der Waals surface area (Å²) >= 11 is 0. The Morgan fingerprint density at radius 1 is 0.218 bits per heavy atom. The van der Waals surface area contributed by atoms with E-state index in [1.165, 1.54) is 61.2 Å². The zero-order valence-corrected chi connectivity index (χ0v) is 69.6. The monoisotopic (exact) mass is 1590 g/mol. The van der Waals surface area contributed by atoms with E-state index in [-0.39, 0.29) is 0 Å². The normalized spacial score (nSPS) is 11.7. The van der Waals surface area contributed by atoms with Crippen LogP contribution >= 0.6 is 0 Å². The smallest absolute Gasteiger partial charge is 0.101 e. The number of para-hydroxylation sites is 2. The number of hydrogen-bond acceptors (Lipinski definition) is 4. The molecule has 0 amide bonds. The van der Waals surface area contributed by atoms with E-state index in [1.54, 1.807) is 0 Å². The molecule has 0 aliphatic heterocycles. The first kappa shape index (κ1) is 74.3. The van der Waals surface area contributed by atoms with Crippen LogP contribution in [0.2, 0.25) is 0 Å². The largest absolute Gasteiger partial charge is 0.309 e. The molecular formula is C116H82N8. The Morgan fingerprint density at radius 3 is 0.935 bits per heavy atom. The molecule has 124 heavy (non-hydrogen) atoms. The maximum atomic E-state index is 11.9. The molecule has 0 saturated heterocycles. The molecule has 8 nitrogen and oxygen atoms in total. The summed E-state index contributed by atoms with van der Waals surface area (Å²) in [6.45, 7) is 12.9. The summed E-state index contributed by atoms with van der Waals surface area (Å²) in [6, 6.07) is 130. The molecule has 22 rings (SSSR count). The minimum Gasteiger partial charge on any atom is -0.309 e. The van der Waals surface area contributed by atoms with Crippen molar-refractivity contribution < 1.29 is 0 Å². The van der Waals surface area contributed by atoms with Crippen molar-refractivity contribution in [3.8, 4) is 124 Å². The van der Waals surface area contributed by atoms with Crippen LogP contribution in [0.4, 0.5) is 0 Å². The molecular weight excluding hydrogens is 1510 g/mol. The van der Waals surface area contributed by atoms with Gasteiger partial charge in [-0.2, -0.15) is 10.5 Å². The van der Waals surface area contributed by atoms with Crippen LogP contribution < -0.4 is 0 Å². The Kier molecular flexibility index (Phi) is 18.0. The van der Waals surface area contributed by atoms with Gasteiger partial charge in [-0.25, -0.2) is 0 Å². The Morgan fingerprint density at radius 2 is 0.532 bits per heavy atom. The number of nitriles is 2. The van der Waals surface area contributed by atoms with Gasteiger partial charge in [-0.15, -0.1) is 0 Å². The Hall–Kier alpha value is -16.0. The first-order valence-corrected chi connectivity index (χ1v) is 42.5. The number of hydrogen-bond donors (Lipinski definition) is 0. The summed E-state index contributed by atoms with van der Waals surface area (Å²) in [4.78, 5) is 9.04. The lowest BCUT2D eigenvalue weighted by Crippen LogP contribution is -2.04. The van der Waals surface area contributed by atoms with Crippen molar-refractivity contribution in [3.05, 3.63) is 420 Å². The topological polar surface area (TPSA) is 93.1 Å². The fraction of sp³-hybridized carbons (Fsp3) is 0.0690. The standard InChI is InChI=1S/C116H82N8/c1-71-15-27-79(28-16-71)85-35-43-97-98-44-36-86(80-29-17-72(2)18-30-80)62-112(98)123(111(97)61-85)110-68-102(84-51-55-120-56-52-84)116(66-92(110)70-118)124-113-63-87(81-31-19-73(3)20-32-81)37-45-99(113)100-46-38-88(64-114(100)124)82-33-24-77(25-34-82)22-23-78-26-42-94(76(6)58-78)90-39-47-107-103(60-90)95-11-7-9-13-105(95)121(107)109-67-101(83-49-53-119-54-50-83)115(65-91(109)69-117)122-106-14-10-8-12-96(106)104-59-89(40-48-108(104)122)93-41-21-74(4)57-75(93)5/h7-21,24-68H,22-23H2,1-6H3. The zero-order valence-electron chi connectivity index (χ0n) is 69.6. The van der Waals surface area contributed by atoms with Gasteiger partial charge in [0.25, 0.3) is 0 Å². The van der Waals surface area contributed by atoms with E-state index in [1.807, 2.05) is 24.8 Å². The van der Waals surface area contributed by atoms with Crippen molar-refractivity contribution in [3.63, 3.8) is 0 Å². The molecule has 0 saturated carbocycles. The van der Waals surface area contributed by atoms with Crippen LogP contribution in [-0.2, 0) is 12.8 Å². The molecule has 0 spiro atoms. The zero-order chi connectivity index (χ0) is 83.5. The second-order valence-corrected chi connectivity index (χ2v) is 33.5. The van der Waals surface area contributed by atoms with Gasteiger partial charge < -0.3 is 18.3 Å². The second kappa shape index (κ2) is 30.1. The lowest BCUT2D eigenvalue weighted by atomic mass is 9.94. The van der Waals surface area contributed by atoms with Crippen LogP contribution in [0.5, 0.6) is 0 Å².